The van der Waals surface area contributed by atoms with E-state index in [0.717, 1.165) is 18.0 Å². The van der Waals surface area contributed by atoms with Crippen LogP contribution in [-0.4, -0.2) is 18.7 Å². The standard InChI is InChI=1S/C16H25NO/c1-13-8-9-16(15(10-13)12-18)17(2)11-14-6-4-3-5-7-14/h8-10,14,18H,3-7,11-12H2,1-2H3. The molecule has 0 aliphatic heterocycles. The highest BCUT2D eigenvalue weighted by Gasteiger charge is 2.16. The van der Waals surface area contributed by atoms with Gasteiger partial charge in [-0.05, 0) is 31.7 Å². The summed E-state index contributed by atoms with van der Waals surface area (Å²) in [6.07, 6.45) is 6.92. The second-order valence-corrected chi connectivity index (χ2v) is 5.67. The van der Waals surface area contributed by atoms with Crippen LogP contribution in [0, 0.1) is 12.8 Å². The van der Waals surface area contributed by atoms with Gasteiger partial charge in [0.1, 0.15) is 0 Å². The largest absolute Gasteiger partial charge is 0.392 e. The predicted octanol–water partition coefficient (Wildman–Crippen LogP) is 3.50. The van der Waals surface area contributed by atoms with E-state index in [4.69, 9.17) is 0 Å². The highest BCUT2D eigenvalue weighted by molar-refractivity contribution is 5.54. The van der Waals surface area contributed by atoms with E-state index in [0.29, 0.717) is 0 Å². The summed E-state index contributed by atoms with van der Waals surface area (Å²) >= 11 is 0. The van der Waals surface area contributed by atoms with Crippen molar-refractivity contribution in [3.8, 4) is 0 Å². The second-order valence-electron chi connectivity index (χ2n) is 5.67. The molecule has 1 aliphatic carbocycles. The molecular weight excluding hydrogens is 222 g/mol. The molecule has 0 unspecified atom stereocenters. The molecule has 0 bridgehead atoms. The zero-order valence-corrected chi connectivity index (χ0v) is 11.7. The Morgan fingerprint density at radius 3 is 2.61 bits per heavy atom. The summed E-state index contributed by atoms with van der Waals surface area (Å²) in [4.78, 5) is 2.32. The summed E-state index contributed by atoms with van der Waals surface area (Å²) in [5.74, 6) is 0.830. The SMILES string of the molecule is Cc1ccc(N(C)CC2CCCCC2)c(CO)c1. The number of aliphatic hydroxyl groups excluding tert-OH is 1. The third kappa shape index (κ3) is 3.26. The van der Waals surface area contributed by atoms with Crippen molar-refractivity contribution in [2.75, 3.05) is 18.5 Å². The Kier molecular flexibility index (Phi) is 4.65. The molecular formula is C16H25NO. The van der Waals surface area contributed by atoms with E-state index in [2.05, 4.69) is 37.1 Å². The molecule has 1 saturated carbocycles. The number of aryl methyl sites for hydroxylation is 1. The normalized spacial score (nSPS) is 16.8. The van der Waals surface area contributed by atoms with E-state index >= 15 is 0 Å². The average Bonchev–Trinajstić information content (AvgIpc) is 2.39. The minimum absolute atomic E-state index is 0.131. The lowest BCUT2D eigenvalue weighted by Crippen LogP contribution is -2.27. The third-order valence-electron chi connectivity index (χ3n) is 4.07. The van der Waals surface area contributed by atoms with Crippen molar-refractivity contribution in [1.29, 1.82) is 0 Å². The first-order valence-corrected chi connectivity index (χ1v) is 7.12. The number of benzene rings is 1. The van der Waals surface area contributed by atoms with Gasteiger partial charge in [0.05, 0.1) is 6.61 Å². The van der Waals surface area contributed by atoms with Gasteiger partial charge in [-0.3, -0.25) is 0 Å². The summed E-state index contributed by atoms with van der Waals surface area (Å²) in [5.41, 5.74) is 3.45. The molecule has 0 aromatic heterocycles. The van der Waals surface area contributed by atoms with Crippen LogP contribution in [0.3, 0.4) is 0 Å². The van der Waals surface area contributed by atoms with Crippen LogP contribution in [0.5, 0.6) is 0 Å². The van der Waals surface area contributed by atoms with Gasteiger partial charge in [0, 0.05) is 24.8 Å². The van der Waals surface area contributed by atoms with Crippen LogP contribution in [-0.2, 0) is 6.61 Å². The van der Waals surface area contributed by atoms with Gasteiger partial charge in [-0.15, -0.1) is 0 Å². The van der Waals surface area contributed by atoms with Gasteiger partial charge in [0.2, 0.25) is 0 Å². The highest BCUT2D eigenvalue weighted by Crippen LogP contribution is 2.27. The Balaban J connectivity index is 2.05. The summed E-state index contributed by atoms with van der Waals surface area (Å²) in [6, 6.07) is 6.36. The summed E-state index contributed by atoms with van der Waals surface area (Å²) < 4.78 is 0. The predicted molar refractivity (Wildman–Crippen MR) is 76.9 cm³/mol. The van der Waals surface area contributed by atoms with Gasteiger partial charge in [0.25, 0.3) is 0 Å². The third-order valence-corrected chi connectivity index (χ3v) is 4.07. The van der Waals surface area contributed by atoms with Crippen LogP contribution in [0.4, 0.5) is 5.69 Å². The second kappa shape index (κ2) is 6.24. The molecule has 0 heterocycles. The van der Waals surface area contributed by atoms with Gasteiger partial charge in [-0.2, -0.15) is 0 Å². The molecule has 1 aromatic carbocycles. The Bertz CT molecular complexity index is 383. The van der Waals surface area contributed by atoms with E-state index < -0.39 is 0 Å². The molecule has 0 amide bonds. The van der Waals surface area contributed by atoms with Crippen molar-refractivity contribution in [2.45, 2.75) is 45.6 Å². The van der Waals surface area contributed by atoms with Gasteiger partial charge >= 0.3 is 0 Å². The van der Waals surface area contributed by atoms with Crippen molar-refractivity contribution in [1.82, 2.24) is 0 Å². The highest BCUT2D eigenvalue weighted by atomic mass is 16.3. The van der Waals surface area contributed by atoms with Gasteiger partial charge in [-0.25, -0.2) is 0 Å². The van der Waals surface area contributed by atoms with E-state index in [1.54, 1.807) is 0 Å². The molecule has 1 aliphatic rings. The number of hydrogen-bond donors (Lipinski definition) is 1. The summed E-state index contributed by atoms with van der Waals surface area (Å²) in [7, 11) is 2.15. The van der Waals surface area contributed by atoms with E-state index in [1.807, 2.05) is 0 Å². The fourth-order valence-corrected chi connectivity index (χ4v) is 3.07. The maximum atomic E-state index is 9.47. The molecule has 0 spiro atoms. The molecule has 0 radical (unpaired) electrons. The molecule has 2 nitrogen and oxygen atoms in total. The van der Waals surface area contributed by atoms with Crippen LogP contribution in [0.1, 0.15) is 43.2 Å². The number of aliphatic hydroxyl groups is 1. The van der Waals surface area contributed by atoms with E-state index in [1.165, 1.54) is 43.4 Å². The van der Waals surface area contributed by atoms with E-state index in [9.17, 15) is 5.11 Å². The molecule has 1 fully saturated rings. The number of anilines is 1. The number of hydrogen-bond acceptors (Lipinski definition) is 2. The average molecular weight is 247 g/mol. The summed E-state index contributed by atoms with van der Waals surface area (Å²) in [5, 5.41) is 9.47. The van der Waals surface area contributed by atoms with E-state index in [-0.39, 0.29) is 6.61 Å². The quantitative estimate of drug-likeness (QED) is 0.880. The Morgan fingerprint density at radius 1 is 1.22 bits per heavy atom. The lowest BCUT2D eigenvalue weighted by molar-refractivity contribution is 0.281. The maximum Gasteiger partial charge on any atom is 0.0702 e. The maximum absolute atomic E-state index is 9.47. The molecule has 0 saturated heterocycles. The van der Waals surface area contributed by atoms with Gasteiger partial charge in [0.15, 0.2) is 0 Å². The van der Waals surface area contributed by atoms with Crippen molar-refractivity contribution >= 4 is 5.69 Å². The lowest BCUT2D eigenvalue weighted by Gasteiger charge is -2.29. The van der Waals surface area contributed by atoms with Gasteiger partial charge in [-0.1, -0.05) is 37.0 Å². The molecule has 0 atom stereocenters. The minimum Gasteiger partial charge on any atom is -0.392 e. The number of nitrogens with zero attached hydrogens (tertiary/aromatic N) is 1. The fourth-order valence-electron chi connectivity index (χ4n) is 3.07. The molecule has 18 heavy (non-hydrogen) atoms. The Morgan fingerprint density at radius 2 is 1.94 bits per heavy atom. The van der Waals surface area contributed by atoms with Crippen LogP contribution in [0.25, 0.3) is 0 Å². The molecule has 1 N–H and O–H groups in total. The smallest absolute Gasteiger partial charge is 0.0702 e. The lowest BCUT2D eigenvalue weighted by atomic mass is 9.89. The Hall–Kier alpha value is -1.02. The first-order valence-electron chi connectivity index (χ1n) is 7.12. The van der Waals surface area contributed by atoms with Crippen molar-refractivity contribution in [2.24, 2.45) is 5.92 Å². The first kappa shape index (κ1) is 13.4. The van der Waals surface area contributed by atoms with Crippen LogP contribution in [0.2, 0.25) is 0 Å². The zero-order chi connectivity index (χ0) is 13.0. The topological polar surface area (TPSA) is 23.5 Å². The van der Waals surface area contributed by atoms with Crippen LogP contribution < -0.4 is 4.90 Å². The zero-order valence-electron chi connectivity index (χ0n) is 11.7. The molecule has 1 aromatic rings. The number of rotatable bonds is 4. The first-order chi connectivity index (χ1) is 8.70. The fraction of sp³-hybridized carbons (Fsp3) is 0.625. The molecule has 2 rings (SSSR count). The minimum atomic E-state index is 0.131. The molecule has 100 valence electrons. The summed E-state index contributed by atoms with van der Waals surface area (Å²) in [6.45, 7) is 3.33. The van der Waals surface area contributed by atoms with Gasteiger partial charge < -0.3 is 10.0 Å². The van der Waals surface area contributed by atoms with Crippen molar-refractivity contribution in [3.63, 3.8) is 0 Å². The van der Waals surface area contributed by atoms with Crippen molar-refractivity contribution in [3.05, 3.63) is 29.3 Å². The van der Waals surface area contributed by atoms with Crippen LogP contribution in [0.15, 0.2) is 18.2 Å². The van der Waals surface area contributed by atoms with Crippen LogP contribution >= 0.6 is 0 Å². The van der Waals surface area contributed by atoms with Crippen molar-refractivity contribution < 1.29 is 5.11 Å². The monoisotopic (exact) mass is 247 g/mol. The Labute approximate surface area is 111 Å². The molecule has 2 heteroatoms.